The second-order valence-electron chi connectivity index (χ2n) is 3.98. The van der Waals surface area contributed by atoms with Gasteiger partial charge in [-0.15, -0.1) is 0 Å². The van der Waals surface area contributed by atoms with Gasteiger partial charge < -0.3 is 0 Å². The van der Waals surface area contributed by atoms with Crippen molar-refractivity contribution in [2.45, 2.75) is 6.18 Å². The summed E-state index contributed by atoms with van der Waals surface area (Å²) in [5, 5.41) is 0. The molecule has 1 aromatic carbocycles. The van der Waals surface area contributed by atoms with Crippen LogP contribution < -0.4 is 0 Å². The normalized spacial score (nSPS) is 13.4. The fraction of sp³-hybridized carbons (Fsp3) is 0.300. The fourth-order valence-corrected chi connectivity index (χ4v) is 2.67. The Balaban J connectivity index is 2.91. The van der Waals surface area contributed by atoms with Gasteiger partial charge in [0, 0.05) is 14.1 Å². The Morgan fingerprint density at radius 1 is 1.21 bits per heavy atom. The maximum Gasteiger partial charge on any atom is 0.450 e. The Kier molecular flexibility index (Phi) is 3.06. The van der Waals surface area contributed by atoms with Gasteiger partial charge in [-0.1, -0.05) is 12.1 Å². The van der Waals surface area contributed by atoms with Crippen molar-refractivity contribution in [3.8, 4) is 0 Å². The number of aromatic nitrogens is 2. The Morgan fingerprint density at radius 2 is 1.79 bits per heavy atom. The van der Waals surface area contributed by atoms with Crippen LogP contribution >= 0.6 is 0 Å². The highest BCUT2D eigenvalue weighted by molar-refractivity contribution is 7.87. The van der Waals surface area contributed by atoms with Crippen LogP contribution in [0.2, 0.25) is 0 Å². The van der Waals surface area contributed by atoms with Gasteiger partial charge in [-0.2, -0.15) is 25.9 Å². The smallest absolute Gasteiger partial charge is 0.223 e. The zero-order chi connectivity index (χ0) is 14.4. The van der Waals surface area contributed by atoms with Crippen molar-refractivity contribution in [2.75, 3.05) is 14.1 Å². The summed E-state index contributed by atoms with van der Waals surface area (Å²) in [6.07, 6.45) is -4.86. The molecule has 9 heteroatoms. The number of hydrogen-bond acceptors (Lipinski definition) is 3. The van der Waals surface area contributed by atoms with E-state index in [9.17, 15) is 21.6 Å². The molecule has 0 unspecified atom stereocenters. The molecule has 2 rings (SSSR count). The first-order chi connectivity index (χ1) is 8.65. The Labute approximate surface area is 107 Å². The zero-order valence-electron chi connectivity index (χ0n) is 10.0. The molecular weight excluding hydrogens is 283 g/mol. The standard InChI is InChI=1S/C10H10F3N3O2S/c1-15(2)19(17,18)16-8-6-4-3-5-7(8)14-9(16)10(11,12)13/h3-6H,1-2H3. The van der Waals surface area contributed by atoms with E-state index in [1.165, 1.54) is 24.3 Å². The highest BCUT2D eigenvalue weighted by atomic mass is 32.2. The summed E-state index contributed by atoms with van der Waals surface area (Å²) in [5.41, 5.74) is -0.135. The average Bonchev–Trinajstić information content (AvgIpc) is 2.68. The van der Waals surface area contributed by atoms with Crippen LogP contribution in [0.15, 0.2) is 24.3 Å². The van der Waals surface area contributed by atoms with E-state index >= 15 is 0 Å². The van der Waals surface area contributed by atoms with Crippen LogP contribution in [0.1, 0.15) is 5.82 Å². The first-order valence-corrected chi connectivity index (χ1v) is 6.53. The summed E-state index contributed by atoms with van der Waals surface area (Å²) in [7, 11) is -1.99. The van der Waals surface area contributed by atoms with Crippen LogP contribution in [-0.2, 0) is 16.4 Å². The molecule has 0 amide bonds. The highest BCUT2D eigenvalue weighted by Gasteiger charge is 2.41. The average molecular weight is 293 g/mol. The zero-order valence-corrected chi connectivity index (χ0v) is 10.8. The molecule has 19 heavy (non-hydrogen) atoms. The number of halogens is 3. The van der Waals surface area contributed by atoms with Gasteiger partial charge in [0.1, 0.15) is 0 Å². The SMILES string of the molecule is CN(C)S(=O)(=O)n1c(C(F)(F)F)nc2ccccc21. The molecule has 2 aromatic rings. The molecule has 0 aliphatic carbocycles. The fourth-order valence-electron chi connectivity index (χ4n) is 1.58. The van der Waals surface area contributed by atoms with E-state index in [0.29, 0.717) is 4.31 Å². The lowest BCUT2D eigenvalue weighted by molar-refractivity contribution is -0.145. The summed E-state index contributed by atoms with van der Waals surface area (Å²) < 4.78 is 63.7. The number of rotatable bonds is 2. The van der Waals surface area contributed by atoms with Crippen molar-refractivity contribution < 1.29 is 21.6 Å². The molecule has 0 saturated carbocycles. The van der Waals surface area contributed by atoms with E-state index in [1.54, 1.807) is 0 Å². The van der Waals surface area contributed by atoms with Gasteiger partial charge in [0.25, 0.3) is 0 Å². The third kappa shape index (κ3) is 2.19. The molecule has 0 N–H and O–H groups in total. The molecule has 5 nitrogen and oxygen atoms in total. The van der Waals surface area contributed by atoms with Crippen molar-refractivity contribution >= 4 is 21.2 Å². The predicted octanol–water partition coefficient (Wildman–Crippen LogP) is 1.71. The Morgan fingerprint density at radius 3 is 2.32 bits per heavy atom. The monoisotopic (exact) mass is 293 g/mol. The highest BCUT2D eigenvalue weighted by Crippen LogP contribution is 2.32. The molecule has 104 valence electrons. The summed E-state index contributed by atoms with van der Waals surface area (Å²) in [4.78, 5) is 3.36. The van der Waals surface area contributed by atoms with E-state index in [-0.39, 0.29) is 15.0 Å². The topological polar surface area (TPSA) is 55.2 Å². The van der Waals surface area contributed by atoms with E-state index in [2.05, 4.69) is 4.98 Å². The van der Waals surface area contributed by atoms with Gasteiger partial charge in [0.05, 0.1) is 11.0 Å². The van der Waals surface area contributed by atoms with Crippen LogP contribution in [0.25, 0.3) is 11.0 Å². The van der Waals surface area contributed by atoms with E-state index in [4.69, 9.17) is 0 Å². The number of imidazole rings is 1. The van der Waals surface area contributed by atoms with Crippen molar-refractivity contribution in [1.82, 2.24) is 13.3 Å². The maximum atomic E-state index is 12.9. The van der Waals surface area contributed by atoms with Gasteiger partial charge in [-0.05, 0) is 12.1 Å². The first kappa shape index (κ1) is 13.8. The summed E-state index contributed by atoms with van der Waals surface area (Å²) in [6.45, 7) is 0. The molecule has 0 radical (unpaired) electrons. The predicted molar refractivity (Wildman–Crippen MR) is 62.7 cm³/mol. The van der Waals surface area contributed by atoms with Crippen LogP contribution in [0, 0.1) is 0 Å². The molecular formula is C10H10F3N3O2S. The molecule has 0 atom stereocenters. The van der Waals surface area contributed by atoms with Crippen LogP contribution in [0.3, 0.4) is 0 Å². The number of fused-ring (bicyclic) bond motifs is 1. The second kappa shape index (κ2) is 4.20. The molecule has 0 spiro atoms. The largest absolute Gasteiger partial charge is 0.450 e. The summed E-state index contributed by atoms with van der Waals surface area (Å²) in [5.74, 6) is -1.46. The lowest BCUT2D eigenvalue weighted by Gasteiger charge is -2.16. The van der Waals surface area contributed by atoms with Crippen molar-refractivity contribution in [2.24, 2.45) is 0 Å². The summed E-state index contributed by atoms with van der Waals surface area (Å²) >= 11 is 0. The number of alkyl halides is 3. The molecule has 0 saturated heterocycles. The van der Waals surface area contributed by atoms with E-state index in [1.807, 2.05) is 0 Å². The Hall–Kier alpha value is -1.61. The van der Waals surface area contributed by atoms with E-state index in [0.717, 1.165) is 14.1 Å². The van der Waals surface area contributed by atoms with Crippen molar-refractivity contribution in [3.63, 3.8) is 0 Å². The molecule has 1 heterocycles. The second-order valence-corrected chi connectivity index (χ2v) is 5.97. The summed E-state index contributed by atoms with van der Waals surface area (Å²) in [6, 6.07) is 5.54. The lowest BCUT2D eigenvalue weighted by atomic mass is 10.3. The van der Waals surface area contributed by atoms with Gasteiger partial charge in [0.2, 0.25) is 5.82 Å². The van der Waals surface area contributed by atoms with Gasteiger partial charge >= 0.3 is 16.4 Å². The van der Waals surface area contributed by atoms with Crippen molar-refractivity contribution in [3.05, 3.63) is 30.1 Å². The molecule has 0 aliphatic heterocycles. The minimum atomic E-state index is -4.86. The number of hydrogen-bond donors (Lipinski definition) is 0. The minimum absolute atomic E-state index is 0.0275. The molecule has 0 fully saturated rings. The number of para-hydroxylation sites is 2. The van der Waals surface area contributed by atoms with E-state index < -0.39 is 22.2 Å². The third-order valence-electron chi connectivity index (χ3n) is 2.46. The van der Waals surface area contributed by atoms with Crippen molar-refractivity contribution in [1.29, 1.82) is 0 Å². The number of benzene rings is 1. The van der Waals surface area contributed by atoms with Crippen LogP contribution in [0.4, 0.5) is 13.2 Å². The maximum absolute atomic E-state index is 12.9. The Bertz CT molecular complexity index is 719. The first-order valence-electron chi connectivity index (χ1n) is 5.13. The van der Waals surface area contributed by atoms with Gasteiger partial charge in [-0.25, -0.2) is 8.96 Å². The van der Waals surface area contributed by atoms with Gasteiger partial charge in [0.15, 0.2) is 0 Å². The number of nitrogens with zero attached hydrogens (tertiary/aromatic N) is 3. The van der Waals surface area contributed by atoms with Gasteiger partial charge in [-0.3, -0.25) is 0 Å². The molecule has 0 bridgehead atoms. The lowest BCUT2D eigenvalue weighted by Crippen LogP contribution is -2.32. The quantitative estimate of drug-likeness (QED) is 0.847. The van der Waals surface area contributed by atoms with Crippen LogP contribution in [-0.4, -0.2) is 35.8 Å². The molecule has 0 aliphatic rings. The molecule has 1 aromatic heterocycles. The third-order valence-corrected chi connectivity index (χ3v) is 4.22. The van der Waals surface area contributed by atoms with Crippen LogP contribution in [0.5, 0.6) is 0 Å². The minimum Gasteiger partial charge on any atom is -0.223 e.